The zero-order chi connectivity index (χ0) is 10.7. The van der Waals surface area contributed by atoms with Crippen LogP contribution in [0.3, 0.4) is 0 Å². The second-order valence-electron chi connectivity index (χ2n) is 4.65. The van der Waals surface area contributed by atoms with Crippen LogP contribution in [0.25, 0.3) is 0 Å². The van der Waals surface area contributed by atoms with Gasteiger partial charge in [0.2, 0.25) is 0 Å². The molecule has 0 spiro atoms. The van der Waals surface area contributed by atoms with Gasteiger partial charge >= 0.3 is 0 Å². The van der Waals surface area contributed by atoms with E-state index in [4.69, 9.17) is 4.74 Å². The fraction of sp³-hybridized carbons (Fsp3) is 1.00. The molecule has 0 aliphatic carbocycles. The van der Waals surface area contributed by atoms with Crippen LogP contribution in [0, 0.1) is 5.92 Å². The summed E-state index contributed by atoms with van der Waals surface area (Å²) in [5.74, 6) is 0.606. The van der Waals surface area contributed by atoms with Gasteiger partial charge in [-0.25, -0.2) is 0 Å². The van der Waals surface area contributed by atoms with Gasteiger partial charge in [0.15, 0.2) is 0 Å². The van der Waals surface area contributed by atoms with Crippen molar-refractivity contribution in [2.24, 2.45) is 5.92 Å². The molecule has 1 aliphatic heterocycles. The molecule has 0 amide bonds. The minimum Gasteiger partial charge on any atom is -0.391 e. The minimum absolute atomic E-state index is 0.168. The molecular formula is C11H23NO2. The summed E-state index contributed by atoms with van der Waals surface area (Å²) in [6, 6.07) is 0.650. The van der Waals surface area contributed by atoms with Gasteiger partial charge < -0.3 is 9.84 Å². The van der Waals surface area contributed by atoms with Crippen LogP contribution in [-0.2, 0) is 4.74 Å². The van der Waals surface area contributed by atoms with Crippen LogP contribution in [0.5, 0.6) is 0 Å². The van der Waals surface area contributed by atoms with Gasteiger partial charge in [-0.1, -0.05) is 13.8 Å². The molecule has 3 unspecified atom stereocenters. The largest absolute Gasteiger partial charge is 0.391 e. The lowest BCUT2D eigenvalue weighted by Gasteiger charge is -2.39. The maximum absolute atomic E-state index is 9.85. The summed E-state index contributed by atoms with van der Waals surface area (Å²) in [6.07, 6.45) is 0.537. The van der Waals surface area contributed by atoms with Gasteiger partial charge in [-0.15, -0.1) is 0 Å². The van der Waals surface area contributed by atoms with Crippen molar-refractivity contribution in [1.82, 2.24) is 4.90 Å². The Morgan fingerprint density at radius 1 is 1.36 bits per heavy atom. The van der Waals surface area contributed by atoms with E-state index in [2.05, 4.69) is 32.7 Å². The van der Waals surface area contributed by atoms with Crippen LogP contribution >= 0.6 is 0 Å². The maximum Gasteiger partial charge on any atom is 0.0739 e. The molecule has 0 aromatic heterocycles. The summed E-state index contributed by atoms with van der Waals surface area (Å²) >= 11 is 0. The fourth-order valence-corrected chi connectivity index (χ4v) is 1.87. The van der Waals surface area contributed by atoms with E-state index in [9.17, 15) is 5.11 Å². The quantitative estimate of drug-likeness (QED) is 0.742. The van der Waals surface area contributed by atoms with Gasteiger partial charge in [0.1, 0.15) is 0 Å². The highest BCUT2D eigenvalue weighted by molar-refractivity contribution is 4.83. The number of likely N-dealkylation sites (N-methyl/N-ethyl adjacent to an activating group) is 1. The van der Waals surface area contributed by atoms with E-state index in [1.54, 1.807) is 0 Å². The number of aliphatic hydroxyl groups excluding tert-OH is 1. The van der Waals surface area contributed by atoms with Crippen molar-refractivity contribution < 1.29 is 9.84 Å². The molecule has 0 bridgehead atoms. The molecular weight excluding hydrogens is 178 g/mol. The molecule has 0 radical (unpaired) electrons. The van der Waals surface area contributed by atoms with E-state index in [-0.39, 0.29) is 12.1 Å². The molecule has 0 saturated carbocycles. The summed E-state index contributed by atoms with van der Waals surface area (Å²) in [5.41, 5.74) is 0. The molecule has 0 aromatic rings. The third-order valence-electron chi connectivity index (χ3n) is 3.42. The maximum atomic E-state index is 9.85. The topological polar surface area (TPSA) is 32.7 Å². The number of hydrogen-bond donors (Lipinski definition) is 1. The van der Waals surface area contributed by atoms with E-state index in [1.165, 1.54) is 0 Å². The van der Waals surface area contributed by atoms with Gasteiger partial charge in [0.25, 0.3) is 0 Å². The SMILES string of the molecule is CC(C)C(C)N(C)C1COCCC1O. The molecule has 3 atom stereocenters. The summed E-state index contributed by atoms with van der Waals surface area (Å²) in [4.78, 5) is 2.24. The first-order chi connectivity index (χ1) is 6.54. The zero-order valence-corrected chi connectivity index (χ0v) is 9.73. The highest BCUT2D eigenvalue weighted by Gasteiger charge is 2.30. The monoisotopic (exact) mass is 201 g/mol. The Morgan fingerprint density at radius 3 is 2.50 bits per heavy atom. The fourth-order valence-electron chi connectivity index (χ4n) is 1.87. The van der Waals surface area contributed by atoms with Crippen molar-refractivity contribution in [3.63, 3.8) is 0 Å². The second-order valence-corrected chi connectivity index (χ2v) is 4.65. The molecule has 0 aromatic carbocycles. The van der Waals surface area contributed by atoms with E-state index in [0.717, 1.165) is 6.42 Å². The van der Waals surface area contributed by atoms with Crippen molar-refractivity contribution in [1.29, 1.82) is 0 Å². The van der Waals surface area contributed by atoms with Crippen molar-refractivity contribution in [3.05, 3.63) is 0 Å². The normalized spacial score (nSPS) is 31.1. The summed E-state index contributed by atoms with van der Waals surface area (Å²) in [7, 11) is 2.08. The summed E-state index contributed by atoms with van der Waals surface area (Å²) in [5, 5.41) is 9.85. The van der Waals surface area contributed by atoms with E-state index in [0.29, 0.717) is 25.2 Å². The average molecular weight is 201 g/mol. The highest BCUT2D eigenvalue weighted by atomic mass is 16.5. The first kappa shape index (κ1) is 12.0. The van der Waals surface area contributed by atoms with E-state index >= 15 is 0 Å². The predicted octanol–water partition coefficient (Wildman–Crippen LogP) is 1.11. The molecule has 84 valence electrons. The Kier molecular flexibility index (Phi) is 4.35. The Balaban J connectivity index is 2.53. The van der Waals surface area contributed by atoms with Crippen LogP contribution in [0.15, 0.2) is 0 Å². The van der Waals surface area contributed by atoms with Gasteiger partial charge in [0, 0.05) is 12.6 Å². The van der Waals surface area contributed by atoms with Crippen LogP contribution in [0.2, 0.25) is 0 Å². The summed E-state index contributed by atoms with van der Waals surface area (Å²) < 4.78 is 5.40. The zero-order valence-electron chi connectivity index (χ0n) is 9.73. The Morgan fingerprint density at radius 2 is 2.00 bits per heavy atom. The highest BCUT2D eigenvalue weighted by Crippen LogP contribution is 2.18. The molecule has 3 heteroatoms. The number of aliphatic hydroxyl groups is 1. The van der Waals surface area contributed by atoms with Crippen LogP contribution in [-0.4, -0.2) is 48.5 Å². The third kappa shape index (κ3) is 2.69. The van der Waals surface area contributed by atoms with Gasteiger partial charge in [-0.2, -0.15) is 0 Å². The molecule has 1 saturated heterocycles. The van der Waals surface area contributed by atoms with Crippen molar-refractivity contribution in [2.45, 2.75) is 45.4 Å². The van der Waals surface area contributed by atoms with Crippen LogP contribution < -0.4 is 0 Å². The Bertz CT molecular complexity index is 173. The van der Waals surface area contributed by atoms with Crippen molar-refractivity contribution in [3.8, 4) is 0 Å². The molecule has 1 aliphatic rings. The molecule has 1 N–H and O–H groups in total. The number of hydrogen-bond acceptors (Lipinski definition) is 3. The molecule has 1 heterocycles. The molecule has 14 heavy (non-hydrogen) atoms. The standard InChI is InChI=1S/C11H23NO2/c1-8(2)9(3)12(4)10-7-14-6-5-11(10)13/h8-11,13H,5-7H2,1-4H3. The number of ether oxygens (including phenoxy) is 1. The molecule has 1 rings (SSSR count). The molecule has 3 nitrogen and oxygen atoms in total. The average Bonchev–Trinajstić information content (AvgIpc) is 2.16. The lowest BCUT2D eigenvalue weighted by molar-refractivity contribution is -0.0676. The first-order valence-electron chi connectivity index (χ1n) is 5.51. The lowest BCUT2D eigenvalue weighted by atomic mass is 9.99. The predicted molar refractivity (Wildman–Crippen MR) is 57.3 cm³/mol. The van der Waals surface area contributed by atoms with Crippen molar-refractivity contribution >= 4 is 0 Å². The second kappa shape index (κ2) is 5.10. The van der Waals surface area contributed by atoms with Crippen LogP contribution in [0.4, 0.5) is 0 Å². The van der Waals surface area contributed by atoms with E-state index < -0.39 is 0 Å². The van der Waals surface area contributed by atoms with Gasteiger partial charge in [-0.05, 0) is 26.3 Å². The van der Waals surface area contributed by atoms with Gasteiger partial charge in [-0.3, -0.25) is 4.90 Å². The number of rotatable bonds is 3. The van der Waals surface area contributed by atoms with E-state index in [1.807, 2.05) is 0 Å². The lowest BCUT2D eigenvalue weighted by Crippen LogP contribution is -2.52. The third-order valence-corrected chi connectivity index (χ3v) is 3.42. The Labute approximate surface area is 87.1 Å². The summed E-state index contributed by atoms with van der Waals surface area (Å²) in [6.45, 7) is 7.97. The van der Waals surface area contributed by atoms with Crippen molar-refractivity contribution in [2.75, 3.05) is 20.3 Å². The van der Waals surface area contributed by atoms with Crippen LogP contribution in [0.1, 0.15) is 27.2 Å². The molecule has 1 fully saturated rings. The first-order valence-corrected chi connectivity index (χ1v) is 5.51. The number of nitrogens with zero attached hydrogens (tertiary/aromatic N) is 1. The van der Waals surface area contributed by atoms with Gasteiger partial charge in [0.05, 0.1) is 18.8 Å². The Hall–Kier alpha value is -0.120. The minimum atomic E-state index is -0.227. The smallest absolute Gasteiger partial charge is 0.0739 e.